The van der Waals surface area contributed by atoms with Crippen LogP contribution in [-0.4, -0.2) is 116 Å². The van der Waals surface area contributed by atoms with Crippen LogP contribution < -0.4 is 0 Å². The van der Waals surface area contributed by atoms with Crippen LogP contribution in [0.4, 0.5) is 26.3 Å². The average molecular weight is 926 g/mol. The van der Waals surface area contributed by atoms with Crippen LogP contribution in [-0.2, 0) is 48.9 Å². The molecule has 1 aliphatic carbocycles. The van der Waals surface area contributed by atoms with Crippen molar-refractivity contribution in [3.05, 3.63) is 104 Å². The van der Waals surface area contributed by atoms with Crippen LogP contribution in [0.1, 0.15) is 89.5 Å². The number of carbonyl (C=O) groups is 3. The van der Waals surface area contributed by atoms with Crippen molar-refractivity contribution in [1.29, 1.82) is 0 Å². The predicted octanol–water partition coefficient (Wildman–Crippen LogP) is 9.02. The number of carbonyl (C=O) groups excluding carboxylic acids is 3. The summed E-state index contributed by atoms with van der Waals surface area (Å²) < 4.78 is 95.5. The van der Waals surface area contributed by atoms with Gasteiger partial charge in [0, 0.05) is 57.2 Å². The van der Waals surface area contributed by atoms with Crippen LogP contribution >= 0.6 is 23.2 Å². The normalized spacial score (nSPS) is 21.7. The molecule has 3 saturated heterocycles. The monoisotopic (exact) mass is 924 g/mol. The van der Waals surface area contributed by atoms with Crippen molar-refractivity contribution in [2.24, 2.45) is 0 Å². The number of halogens is 8. The number of hydrogen-bond acceptors (Lipinski definition) is 6. The molecule has 0 aromatic heterocycles. The summed E-state index contributed by atoms with van der Waals surface area (Å²) >= 11 is 12.7. The van der Waals surface area contributed by atoms with E-state index in [1.165, 1.54) is 16.0 Å². The first kappa shape index (κ1) is 47.1. The van der Waals surface area contributed by atoms with E-state index in [1.807, 2.05) is 17.0 Å². The minimum absolute atomic E-state index is 0.000194. The summed E-state index contributed by atoms with van der Waals surface area (Å²) in [5, 5.41) is 0.484. The van der Waals surface area contributed by atoms with E-state index in [1.54, 1.807) is 30.1 Å². The molecular weight excluding hydrogens is 873 g/mol. The van der Waals surface area contributed by atoms with E-state index in [9.17, 15) is 40.7 Å². The van der Waals surface area contributed by atoms with Crippen LogP contribution in [0.2, 0.25) is 10.0 Å². The molecule has 63 heavy (non-hydrogen) atoms. The van der Waals surface area contributed by atoms with Crippen molar-refractivity contribution in [2.75, 3.05) is 72.6 Å². The van der Waals surface area contributed by atoms with Crippen LogP contribution in [0.25, 0.3) is 0 Å². The lowest BCUT2D eigenvalue weighted by atomic mass is 9.72. The summed E-state index contributed by atoms with van der Waals surface area (Å²) in [7, 11) is 1.74. The molecule has 3 amide bonds. The Morgan fingerprint density at radius 1 is 0.841 bits per heavy atom. The molecule has 3 fully saturated rings. The second-order valence-corrected chi connectivity index (χ2v) is 18.1. The van der Waals surface area contributed by atoms with Crippen molar-refractivity contribution in [2.45, 2.75) is 87.3 Å². The van der Waals surface area contributed by atoms with E-state index in [0.29, 0.717) is 69.6 Å². The average Bonchev–Trinajstić information content (AvgIpc) is 3.57. The predicted molar refractivity (Wildman–Crippen MR) is 226 cm³/mol. The number of nitrogens with zero attached hydrogens (tertiary/aromatic N) is 4. The van der Waals surface area contributed by atoms with Gasteiger partial charge in [-0.05, 0) is 111 Å². The van der Waals surface area contributed by atoms with E-state index in [0.717, 1.165) is 45.2 Å². The van der Waals surface area contributed by atoms with Gasteiger partial charge in [0.15, 0.2) is 0 Å². The molecule has 3 heterocycles. The first-order chi connectivity index (χ1) is 29.9. The zero-order valence-electron chi connectivity index (χ0n) is 35.1. The highest BCUT2D eigenvalue weighted by Crippen LogP contribution is 2.48. The summed E-state index contributed by atoms with van der Waals surface area (Å²) in [4.78, 5) is 46.9. The van der Waals surface area contributed by atoms with Crippen molar-refractivity contribution < 1.29 is 50.2 Å². The van der Waals surface area contributed by atoms with Gasteiger partial charge in [-0.3, -0.25) is 14.4 Å². The maximum Gasteiger partial charge on any atom is 0.416 e. The SMILES string of the molecule is CN(CCCC(=O)N1CCCCC1)C(=O)CO[C@H]1Cc2ccccc2C12CCN(CC[C@@]1(c3ccc(Cl)c(Cl)c3)CN(C(=O)c3cc(C(F)(F)F)cc(C(F)(F)F)c3)CCO1)CC2. The molecule has 0 unspecified atom stereocenters. The third-order valence-corrected chi connectivity index (χ3v) is 14.1. The summed E-state index contributed by atoms with van der Waals surface area (Å²) in [6.07, 6.45) is -3.88. The Morgan fingerprint density at radius 2 is 1.52 bits per heavy atom. The lowest BCUT2D eigenvalue weighted by molar-refractivity contribution is -0.143. The van der Waals surface area contributed by atoms with Gasteiger partial charge in [0.05, 0.1) is 40.4 Å². The largest absolute Gasteiger partial charge is 0.416 e. The lowest BCUT2D eigenvalue weighted by Crippen LogP contribution is -2.54. The van der Waals surface area contributed by atoms with Gasteiger partial charge in [0.2, 0.25) is 11.8 Å². The highest BCUT2D eigenvalue weighted by atomic mass is 35.5. The minimum Gasteiger partial charge on any atom is -0.367 e. The molecular formula is C46H52Cl2F6N4O5. The molecule has 0 saturated carbocycles. The molecule has 0 N–H and O–H groups in total. The minimum atomic E-state index is -5.12. The zero-order valence-corrected chi connectivity index (χ0v) is 36.7. The quantitative estimate of drug-likeness (QED) is 0.169. The standard InChI is InChI=1S/C46H52Cl2F6N4O5/c1-55(16-7-10-40(59)57-17-5-2-6-18-57)41(60)29-62-39-26-31-8-3-4-9-36(31)43(39)13-19-56(20-14-43)21-15-44(33-11-12-37(47)38(48)28-33)30-58(22-23-63-44)42(61)32-24-34(45(49,50)51)27-35(25-32)46(52,53)54/h3-4,8-9,11-12,24-25,27-28,39H,2,5-7,10,13-23,26,29-30H2,1H3/t39-,44-/m0/s1. The molecule has 342 valence electrons. The number of amides is 3. The van der Waals surface area contributed by atoms with Gasteiger partial charge < -0.3 is 29.1 Å². The fourth-order valence-corrected chi connectivity index (χ4v) is 10.0. The molecule has 0 radical (unpaired) electrons. The van der Waals surface area contributed by atoms with Gasteiger partial charge in [-0.1, -0.05) is 53.5 Å². The topological polar surface area (TPSA) is 82.6 Å². The summed E-state index contributed by atoms with van der Waals surface area (Å²) in [6.45, 7) is 3.46. The highest BCUT2D eigenvalue weighted by molar-refractivity contribution is 6.42. The Labute approximate surface area is 373 Å². The molecule has 2 atom stereocenters. The number of benzene rings is 3. The first-order valence-corrected chi connectivity index (χ1v) is 22.3. The first-order valence-electron chi connectivity index (χ1n) is 21.5. The fraction of sp³-hybridized carbons (Fsp3) is 0.543. The Hall–Kier alpha value is -3.89. The van der Waals surface area contributed by atoms with Gasteiger partial charge in [-0.2, -0.15) is 26.3 Å². The van der Waals surface area contributed by atoms with Gasteiger partial charge in [0.1, 0.15) is 12.2 Å². The molecule has 9 nitrogen and oxygen atoms in total. The second kappa shape index (κ2) is 19.3. The smallest absolute Gasteiger partial charge is 0.367 e. The highest BCUT2D eigenvalue weighted by Gasteiger charge is 2.50. The number of alkyl halides is 6. The lowest BCUT2D eigenvalue weighted by Gasteiger charge is -2.46. The molecule has 3 aliphatic heterocycles. The molecule has 3 aromatic carbocycles. The van der Waals surface area contributed by atoms with Crippen molar-refractivity contribution in [3.63, 3.8) is 0 Å². The van der Waals surface area contributed by atoms with Crippen LogP contribution in [0.5, 0.6) is 0 Å². The summed E-state index contributed by atoms with van der Waals surface area (Å²) in [6, 6.07) is 14.0. The Kier molecular flexibility index (Phi) is 14.4. The van der Waals surface area contributed by atoms with Crippen LogP contribution in [0, 0.1) is 0 Å². The Balaban J connectivity index is 1.02. The van der Waals surface area contributed by atoms with E-state index in [4.69, 9.17) is 32.7 Å². The molecule has 0 bridgehead atoms. The second-order valence-electron chi connectivity index (χ2n) is 17.3. The molecule has 3 aromatic rings. The number of hydrogen-bond donors (Lipinski definition) is 0. The van der Waals surface area contributed by atoms with Crippen LogP contribution in [0.3, 0.4) is 0 Å². The van der Waals surface area contributed by atoms with Gasteiger partial charge >= 0.3 is 12.4 Å². The number of ether oxygens (including phenoxy) is 2. The van der Waals surface area contributed by atoms with Crippen molar-refractivity contribution in [3.8, 4) is 0 Å². The van der Waals surface area contributed by atoms with Crippen LogP contribution in [0.15, 0.2) is 60.7 Å². The number of morpholine rings is 1. The molecule has 1 spiro atoms. The number of likely N-dealkylation sites (N-methyl/N-ethyl adjacent to an activating group) is 1. The zero-order chi connectivity index (χ0) is 45.2. The third kappa shape index (κ3) is 10.6. The number of likely N-dealkylation sites (tertiary alicyclic amines) is 2. The van der Waals surface area contributed by atoms with Gasteiger partial charge in [0.25, 0.3) is 5.91 Å². The van der Waals surface area contributed by atoms with Crippen molar-refractivity contribution >= 4 is 40.9 Å². The van der Waals surface area contributed by atoms with Gasteiger partial charge in [-0.15, -0.1) is 0 Å². The molecule has 4 aliphatic rings. The van der Waals surface area contributed by atoms with E-state index in [-0.39, 0.29) is 65.7 Å². The number of rotatable bonds is 12. The maximum atomic E-state index is 13.9. The Morgan fingerprint density at radius 3 is 2.19 bits per heavy atom. The Bertz CT molecular complexity index is 2110. The van der Waals surface area contributed by atoms with Crippen molar-refractivity contribution in [1.82, 2.24) is 19.6 Å². The van der Waals surface area contributed by atoms with E-state index < -0.39 is 40.6 Å². The number of fused-ring (bicyclic) bond motifs is 2. The maximum absolute atomic E-state index is 13.9. The summed E-state index contributed by atoms with van der Waals surface area (Å²) in [5.74, 6) is -1.00. The van der Waals surface area contributed by atoms with E-state index >= 15 is 0 Å². The molecule has 17 heteroatoms. The van der Waals surface area contributed by atoms with Gasteiger partial charge in [-0.25, -0.2) is 0 Å². The molecule has 7 rings (SSSR count). The summed E-state index contributed by atoms with van der Waals surface area (Å²) in [5.41, 5.74) is -2.52. The fourth-order valence-electron chi connectivity index (χ4n) is 9.72. The number of piperidine rings is 2. The van der Waals surface area contributed by atoms with E-state index in [2.05, 4.69) is 17.0 Å². The third-order valence-electron chi connectivity index (χ3n) is 13.3.